The van der Waals surface area contributed by atoms with Crippen molar-refractivity contribution >= 4 is 11.9 Å². The van der Waals surface area contributed by atoms with Gasteiger partial charge in [-0.2, -0.15) is 0 Å². The average Bonchev–Trinajstić information content (AvgIpc) is 3.00. The van der Waals surface area contributed by atoms with Crippen LogP contribution in [0.1, 0.15) is 168 Å². The van der Waals surface area contributed by atoms with Gasteiger partial charge in [0, 0.05) is 20.0 Å². The number of carbonyl (C=O) groups excluding carboxylic acids is 2. The summed E-state index contributed by atoms with van der Waals surface area (Å²) in [4.78, 5) is 25.4. The van der Waals surface area contributed by atoms with Gasteiger partial charge in [0.25, 0.3) is 0 Å². The van der Waals surface area contributed by atoms with Crippen LogP contribution in [0, 0.1) is 0 Å². The van der Waals surface area contributed by atoms with Crippen molar-refractivity contribution in [1.82, 2.24) is 0 Å². The van der Waals surface area contributed by atoms with Crippen LogP contribution in [0.5, 0.6) is 0 Å². The minimum atomic E-state index is -1.34. The van der Waals surface area contributed by atoms with E-state index in [-0.39, 0.29) is 12.8 Å². The highest BCUT2D eigenvalue weighted by Gasteiger charge is 2.49. The SMILES string of the molecule is CCCCCCCCCCCCCC(=O)O[C@H]1[C@H](OC)O[C@H](CO)[C@@H](O)[C@@H]1OC(=O)CCCCCCCCCCCCC. The third kappa shape index (κ3) is 19.0. The molecule has 1 aliphatic rings. The number of esters is 2. The highest BCUT2D eigenvalue weighted by molar-refractivity contribution is 5.70. The molecule has 0 amide bonds. The topological polar surface area (TPSA) is 112 Å². The fourth-order valence-corrected chi connectivity index (χ4v) is 5.78. The lowest BCUT2D eigenvalue weighted by atomic mass is 9.98. The van der Waals surface area contributed by atoms with Crippen LogP contribution in [-0.4, -0.2) is 66.6 Å². The van der Waals surface area contributed by atoms with E-state index in [4.69, 9.17) is 18.9 Å². The van der Waals surface area contributed by atoms with Gasteiger partial charge in [-0.1, -0.05) is 142 Å². The molecule has 0 unspecified atom stereocenters. The van der Waals surface area contributed by atoms with Gasteiger partial charge < -0.3 is 29.2 Å². The van der Waals surface area contributed by atoms with Crippen LogP contribution in [0.3, 0.4) is 0 Å². The molecule has 1 aliphatic heterocycles. The third-order valence-corrected chi connectivity index (χ3v) is 8.53. The Morgan fingerprint density at radius 2 is 0.930 bits per heavy atom. The smallest absolute Gasteiger partial charge is 0.306 e. The number of methoxy groups -OCH3 is 1. The molecule has 0 aromatic rings. The number of hydrogen-bond donors (Lipinski definition) is 2. The molecule has 0 aliphatic carbocycles. The van der Waals surface area contributed by atoms with Crippen LogP contribution in [0.25, 0.3) is 0 Å². The van der Waals surface area contributed by atoms with Crippen molar-refractivity contribution in [2.75, 3.05) is 13.7 Å². The molecule has 254 valence electrons. The lowest BCUT2D eigenvalue weighted by Gasteiger charge is -2.42. The maximum Gasteiger partial charge on any atom is 0.306 e. The van der Waals surface area contributed by atoms with Gasteiger partial charge in [-0.15, -0.1) is 0 Å². The van der Waals surface area contributed by atoms with Crippen LogP contribution in [0.2, 0.25) is 0 Å². The van der Waals surface area contributed by atoms with E-state index >= 15 is 0 Å². The number of rotatable bonds is 28. The van der Waals surface area contributed by atoms with Gasteiger partial charge in [-0.25, -0.2) is 0 Å². The summed E-state index contributed by atoms with van der Waals surface area (Å²) in [5.74, 6) is -0.896. The molecule has 43 heavy (non-hydrogen) atoms. The van der Waals surface area contributed by atoms with E-state index in [1.807, 2.05) is 0 Å². The second-order valence-electron chi connectivity index (χ2n) is 12.4. The normalized spacial score (nSPS) is 22.0. The summed E-state index contributed by atoms with van der Waals surface area (Å²) in [6.07, 6.45) is 20.8. The highest BCUT2D eigenvalue weighted by Crippen LogP contribution is 2.28. The molecule has 0 spiro atoms. The molecule has 0 aromatic carbocycles. The van der Waals surface area contributed by atoms with E-state index in [1.54, 1.807) is 0 Å². The van der Waals surface area contributed by atoms with E-state index < -0.39 is 49.3 Å². The molecular weight excluding hydrogens is 548 g/mol. The first-order valence-corrected chi connectivity index (χ1v) is 17.8. The Morgan fingerprint density at radius 3 is 1.28 bits per heavy atom. The van der Waals surface area contributed by atoms with Crippen LogP contribution in [0.4, 0.5) is 0 Å². The van der Waals surface area contributed by atoms with Crippen molar-refractivity contribution in [3.05, 3.63) is 0 Å². The van der Waals surface area contributed by atoms with Crippen LogP contribution >= 0.6 is 0 Å². The fourth-order valence-electron chi connectivity index (χ4n) is 5.78. The van der Waals surface area contributed by atoms with Crippen LogP contribution in [0.15, 0.2) is 0 Å². The highest BCUT2D eigenvalue weighted by atomic mass is 16.7. The van der Waals surface area contributed by atoms with Gasteiger partial charge in [0.2, 0.25) is 0 Å². The Balaban J connectivity index is 2.38. The summed E-state index contributed by atoms with van der Waals surface area (Å²) in [6, 6.07) is 0. The summed E-state index contributed by atoms with van der Waals surface area (Å²) in [7, 11) is 1.39. The van der Waals surface area contributed by atoms with E-state index in [0.717, 1.165) is 25.7 Å². The zero-order chi connectivity index (χ0) is 31.5. The summed E-state index contributed by atoms with van der Waals surface area (Å²) in [5.41, 5.74) is 0. The van der Waals surface area contributed by atoms with Crippen molar-refractivity contribution in [3.63, 3.8) is 0 Å². The van der Waals surface area contributed by atoms with Gasteiger partial charge in [0.15, 0.2) is 18.5 Å². The molecule has 8 nitrogen and oxygen atoms in total. The van der Waals surface area contributed by atoms with Gasteiger partial charge >= 0.3 is 11.9 Å². The standard InChI is InChI=1S/C35H66O8/c1-4-6-8-10-12-14-16-18-20-22-24-26-30(37)42-33-32(39)29(28-36)41-35(40-3)34(33)43-31(38)27-25-23-21-19-17-15-13-11-9-7-5-2/h29,32-36,39H,4-28H2,1-3H3/t29-,32-,33+,34-,35-/m1/s1. The van der Waals surface area contributed by atoms with Gasteiger partial charge in [0.05, 0.1) is 6.61 Å². The number of aliphatic hydroxyl groups excluding tert-OH is 2. The Morgan fingerprint density at radius 1 is 0.581 bits per heavy atom. The average molecular weight is 615 g/mol. The molecule has 1 heterocycles. The Hall–Kier alpha value is -1.22. The van der Waals surface area contributed by atoms with Crippen molar-refractivity contribution in [1.29, 1.82) is 0 Å². The molecule has 5 atom stereocenters. The number of aliphatic hydroxyl groups is 2. The quantitative estimate of drug-likeness (QED) is 0.0675. The second-order valence-corrected chi connectivity index (χ2v) is 12.4. The minimum Gasteiger partial charge on any atom is -0.455 e. The minimum absolute atomic E-state index is 0.224. The molecule has 0 saturated carbocycles. The van der Waals surface area contributed by atoms with E-state index in [0.29, 0.717) is 12.8 Å². The van der Waals surface area contributed by atoms with E-state index in [2.05, 4.69) is 13.8 Å². The molecule has 2 N–H and O–H groups in total. The molecular formula is C35H66O8. The molecule has 0 bridgehead atoms. The first-order valence-electron chi connectivity index (χ1n) is 17.8. The van der Waals surface area contributed by atoms with Gasteiger partial charge in [0.1, 0.15) is 12.2 Å². The third-order valence-electron chi connectivity index (χ3n) is 8.53. The van der Waals surface area contributed by atoms with E-state index in [9.17, 15) is 19.8 Å². The second kappa shape index (κ2) is 27.1. The fraction of sp³-hybridized carbons (Fsp3) is 0.943. The lowest BCUT2D eigenvalue weighted by Crippen LogP contribution is -2.61. The van der Waals surface area contributed by atoms with Crippen LogP contribution in [-0.2, 0) is 28.5 Å². The predicted octanol–water partition coefficient (Wildman–Crippen LogP) is 7.94. The summed E-state index contributed by atoms with van der Waals surface area (Å²) in [6.45, 7) is 3.99. The summed E-state index contributed by atoms with van der Waals surface area (Å²) >= 11 is 0. The number of hydrogen-bond acceptors (Lipinski definition) is 8. The maximum absolute atomic E-state index is 12.7. The van der Waals surface area contributed by atoms with Crippen molar-refractivity contribution in [2.45, 2.75) is 199 Å². The van der Waals surface area contributed by atoms with Crippen molar-refractivity contribution in [3.8, 4) is 0 Å². The lowest BCUT2D eigenvalue weighted by molar-refractivity contribution is -0.300. The van der Waals surface area contributed by atoms with E-state index in [1.165, 1.54) is 110 Å². The molecule has 8 heteroatoms. The Labute approximate surface area is 263 Å². The predicted molar refractivity (Wildman–Crippen MR) is 171 cm³/mol. The number of ether oxygens (including phenoxy) is 4. The molecule has 0 radical (unpaired) electrons. The first-order chi connectivity index (χ1) is 21.0. The zero-order valence-electron chi connectivity index (χ0n) is 27.9. The van der Waals surface area contributed by atoms with Crippen LogP contribution < -0.4 is 0 Å². The molecule has 1 fully saturated rings. The largest absolute Gasteiger partial charge is 0.455 e. The first kappa shape index (κ1) is 39.8. The Kier molecular flexibility index (Phi) is 25.1. The van der Waals surface area contributed by atoms with Crippen molar-refractivity contribution < 1.29 is 38.7 Å². The molecule has 1 saturated heterocycles. The van der Waals surface area contributed by atoms with Gasteiger partial charge in [-0.3, -0.25) is 9.59 Å². The maximum atomic E-state index is 12.7. The molecule has 0 aromatic heterocycles. The summed E-state index contributed by atoms with van der Waals surface area (Å²) < 4.78 is 22.3. The Bertz CT molecular complexity index is 672. The number of unbranched alkanes of at least 4 members (excludes halogenated alkanes) is 20. The monoisotopic (exact) mass is 614 g/mol. The van der Waals surface area contributed by atoms with Gasteiger partial charge in [-0.05, 0) is 12.8 Å². The molecule has 1 rings (SSSR count). The summed E-state index contributed by atoms with van der Waals surface area (Å²) in [5, 5.41) is 20.5. The van der Waals surface area contributed by atoms with Crippen molar-refractivity contribution in [2.24, 2.45) is 0 Å². The zero-order valence-corrected chi connectivity index (χ0v) is 27.9. The number of carbonyl (C=O) groups is 2.